The summed E-state index contributed by atoms with van der Waals surface area (Å²) < 4.78 is 37.4. The molecule has 0 aliphatic heterocycles. The minimum Gasteiger partial charge on any atom is -0.330 e. The fourth-order valence-corrected chi connectivity index (χ4v) is 2.14. The van der Waals surface area contributed by atoms with Crippen LogP contribution >= 0.6 is 0 Å². The van der Waals surface area contributed by atoms with Crippen molar-refractivity contribution >= 4 is 0 Å². The standard InChI is InChI=1S/C14H20F3N/c1-10(2)9-12(7-8-18)11-3-5-13(6-4-11)14(15,16)17/h3-6,10,12H,7-9,18H2,1-2H3. The lowest BCUT2D eigenvalue weighted by Crippen LogP contribution is -2.11. The average Bonchev–Trinajstić information content (AvgIpc) is 2.27. The first-order valence-electron chi connectivity index (χ1n) is 6.21. The van der Waals surface area contributed by atoms with Crippen LogP contribution in [0.15, 0.2) is 24.3 Å². The number of hydrogen-bond donors (Lipinski definition) is 1. The van der Waals surface area contributed by atoms with Gasteiger partial charge in [-0.15, -0.1) is 0 Å². The molecule has 0 aliphatic rings. The van der Waals surface area contributed by atoms with E-state index in [1.807, 2.05) is 0 Å². The van der Waals surface area contributed by atoms with E-state index < -0.39 is 11.7 Å². The molecule has 18 heavy (non-hydrogen) atoms. The lowest BCUT2D eigenvalue weighted by molar-refractivity contribution is -0.137. The third-order valence-corrected chi connectivity index (χ3v) is 2.98. The Morgan fingerprint density at radius 1 is 1.11 bits per heavy atom. The van der Waals surface area contributed by atoms with E-state index in [9.17, 15) is 13.2 Å². The molecule has 1 aromatic carbocycles. The van der Waals surface area contributed by atoms with E-state index in [0.717, 1.165) is 30.5 Å². The van der Waals surface area contributed by atoms with Crippen molar-refractivity contribution in [3.63, 3.8) is 0 Å². The second-order valence-electron chi connectivity index (χ2n) is 5.02. The van der Waals surface area contributed by atoms with Crippen molar-refractivity contribution in [2.45, 2.75) is 38.8 Å². The lowest BCUT2D eigenvalue weighted by atomic mass is 9.87. The van der Waals surface area contributed by atoms with E-state index in [-0.39, 0.29) is 5.92 Å². The fourth-order valence-electron chi connectivity index (χ4n) is 2.14. The topological polar surface area (TPSA) is 26.0 Å². The van der Waals surface area contributed by atoms with Gasteiger partial charge in [-0.3, -0.25) is 0 Å². The van der Waals surface area contributed by atoms with Crippen LogP contribution in [0.25, 0.3) is 0 Å². The lowest BCUT2D eigenvalue weighted by Gasteiger charge is -2.19. The number of nitrogens with two attached hydrogens (primary N) is 1. The molecule has 102 valence electrons. The number of halogens is 3. The first kappa shape index (κ1) is 15.0. The van der Waals surface area contributed by atoms with Gasteiger partial charge in [0.25, 0.3) is 0 Å². The zero-order valence-electron chi connectivity index (χ0n) is 10.8. The van der Waals surface area contributed by atoms with Gasteiger partial charge in [0.05, 0.1) is 5.56 Å². The van der Waals surface area contributed by atoms with E-state index in [1.165, 1.54) is 0 Å². The van der Waals surface area contributed by atoms with E-state index >= 15 is 0 Å². The number of benzene rings is 1. The van der Waals surface area contributed by atoms with E-state index in [0.29, 0.717) is 12.5 Å². The maximum Gasteiger partial charge on any atom is 0.416 e. The van der Waals surface area contributed by atoms with Crippen LogP contribution in [0.4, 0.5) is 13.2 Å². The van der Waals surface area contributed by atoms with Gasteiger partial charge in [0.2, 0.25) is 0 Å². The summed E-state index contributed by atoms with van der Waals surface area (Å²) in [5.74, 6) is 0.751. The number of alkyl halides is 3. The van der Waals surface area contributed by atoms with Crippen molar-refractivity contribution in [3.8, 4) is 0 Å². The molecule has 0 bridgehead atoms. The molecule has 0 heterocycles. The molecule has 0 aromatic heterocycles. The van der Waals surface area contributed by atoms with E-state index in [1.54, 1.807) is 12.1 Å². The second-order valence-corrected chi connectivity index (χ2v) is 5.02. The molecule has 0 saturated heterocycles. The molecule has 2 N–H and O–H groups in total. The van der Waals surface area contributed by atoms with Gasteiger partial charge in [-0.1, -0.05) is 26.0 Å². The third kappa shape index (κ3) is 4.33. The highest BCUT2D eigenvalue weighted by Crippen LogP contribution is 2.32. The molecule has 0 saturated carbocycles. The van der Waals surface area contributed by atoms with Gasteiger partial charge in [-0.05, 0) is 48.9 Å². The largest absolute Gasteiger partial charge is 0.416 e. The molecule has 0 fully saturated rings. The van der Waals surface area contributed by atoms with Gasteiger partial charge in [-0.2, -0.15) is 13.2 Å². The number of rotatable bonds is 5. The summed E-state index contributed by atoms with van der Waals surface area (Å²) >= 11 is 0. The molecule has 1 rings (SSSR count). The van der Waals surface area contributed by atoms with Crippen molar-refractivity contribution in [2.24, 2.45) is 11.7 Å². The zero-order valence-corrected chi connectivity index (χ0v) is 10.8. The average molecular weight is 259 g/mol. The third-order valence-electron chi connectivity index (χ3n) is 2.98. The van der Waals surface area contributed by atoms with Gasteiger partial charge in [0.1, 0.15) is 0 Å². The predicted octanol–water partition coefficient (Wildman–Crippen LogP) is 4.18. The maximum atomic E-state index is 12.5. The molecule has 1 nitrogen and oxygen atoms in total. The monoisotopic (exact) mass is 259 g/mol. The highest BCUT2D eigenvalue weighted by molar-refractivity contribution is 5.27. The first-order valence-corrected chi connectivity index (χ1v) is 6.21. The van der Waals surface area contributed by atoms with Crippen LogP contribution in [0, 0.1) is 5.92 Å². The molecular weight excluding hydrogens is 239 g/mol. The minimum absolute atomic E-state index is 0.247. The normalized spacial score (nSPS) is 13.9. The Morgan fingerprint density at radius 3 is 2.06 bits per heavy atom. The Balaban J connectivity index is 2.86. The summed E-state index contributed by atoms with van der Waals surface area (Å²) in [6.45, 7) is 4.76. The summed E-state index contributed by atoms with van der Waals surface area (Å²) in [5.41, 5.74) is 5.91. The molecule has 0 radical (unpaired) electrons. The van der Waals surface area contributed by atoms with Crippen molar-refractivity contribution in [2.75, 3.05) is 6.54 Å². The van der Waals surface area contributed by atoms with Crippen molar-refractivity contribution in [1.29, 1.82) is 0 Å². The second kappa shape index (κ2) is 6.23. The molecule has 0 spiro atoms. The SMILES string of the molecule is CC(C)CC(CCN)c1ccc(C(F)(F)F)cc1. The Kier molecular flexibility index (Phi) is 5.20. The molecule has 4 heteroatoms. The van der Waals surface area contributed by atoms with Crippen LogP contribution in [0.3, 0.4) is 0 Å². The minimum atomic E-state index is -4.26. The van der Waals surface area contributed by atoms with Crippen LogP contribution in [0.1, 0.15) is 43.7 Å². The van der Waals surface area contributed by atoms with E-state index in [4.69, 9.17) is 5.73 Å². The van der Waals surface area contributed by atoms with Crippen molar-refractivity contribution < 1.29 is 13.2 Å². The highest BCUT2D eigenvalue weighted by atomic mass is 19.4. The Morgan fingerprint density at radius 2 is 1.67 bits per heavy atom. The van der Waals surface area contributed by atoms with Gasteiger partial charge >= 0.3 is 6.18 Å². The van der Waals surface area contributed by atoms with Crippen molar-refractivity contribution in [1.82, 2.24) is 0 Å². The van der Waals surface area contributed by atoms with Gasteiger partial charge in [0.15, 0.2) is 0 Å². The molecule has 1 atom stereocenters. The number of hydrogen-bond acceptors (Lipinski definition) is 1. The first-order chi connectivity index (χ1) is 8.34. The van der Waals surface area contributed by atoms with Crippen LogP contribution in [0.2, 0.25) is 0 Å². The Labute approximate surface area is 106 Å². The quantitative estimate of drug-likeness (QED) is 0.843. The van der Waals surface area contributed by atoms with Gasteiger partial charge in [-0.25, -0.2) is 0 Å². The molecule has 1 unspecified atom stereocenters. The maximum absolute atomic E-state index is 12.5. The summed E-state index contributed by atoms with van der Waals surface area (Å²) in [5, 5.41) is 0. The van der Waals surface area contributed by atoms with Crippen LogP contribution < -0.4 is 5.73 Å². The van der Waals surface area contributed by atoms with Crippen LogP contribution in [0.5, 0.6) is 0 Å². The highest BCUT2D eigenvalue weighted by Gasteiger charge is 2.30. The van der Waals surface area contributed by atoms with Crippen LogP contribution in [-0.4, -0.2) is 6.54 Å². The predicted molar refractivity (Wildman–Crippen MR) is 67.3 cm³/mol. The molecule has 0 aliphatic carbocycles. The molecule has 1 aromatic rings. The van der Waals surface area contributed by atoms with Crippen LogP contribution in [-0.2, 0) is 6.18 Å². The molecular formula is C14H20F3N. The Bertz CT molecular complexity index is 354. The van der Waals surface area contributed by atoms with Gasteiger partial charge in [0, 0.05) is 0 Å². The van der Waals surface area contributed by atoms with Gasteiger partial charge < -0.3 is 5.73 Å². The van der Waals surface area contributed by atoms with Crippen molar-refractivity contribution in [3.05, 3.63) is 35.4 Å². The Hall–Kier alpha value is -1.03. The molecule has 0 amide bonds. The summed E-state index contributed by atoms with van der Waals surface area (Å²) in [6, 6.07) is 5.45. The summed E-state index contributed by atoms with van der Waals surface area (Å²) in [4.78, 5) is 0. The zero-order chi connectivity index (χ0) is 13.8. The fraction of sp³-hybridized carbons (Fsp3) is 0.571. The van der Waals surface area contributed by atoms with E-state index in [2.05, 4.69) is 13.8 Å². The summed E-state index contributed by atoms with van der Waals surface area (Å²) in [6.07, 6.45) is -2.51. The smallest absolute Gasteiger partial charge is 0.330 e. The summed E-state index contributed by atoms with van der Waals surface area (Å²) in [7, 11) is 0.